The zero-order valence-electron chi connectivity index (χ0n) is 9.97. The molecule has 94 valence electrons. The van der Waals surface area contributed by atoms with Crippen LogP contribution in [0.2, 0.25) is 0 Å². The summed E-state index contributed by atoms with van der Waals surface area (Å²) >= 11 is 2.31. The zero-order chi connectivity index (χ0) is 13.2. The van der Waals surface area contributed by atoms with E-state index in [2.05, 4.69) is 49.9 Å². The predicted molar refractivity (Wildman–Crippen MR) is 84.4 cm³/mol. The maximum absolute atomic E-state index is 6.00. The van der Waals surface area contributed by atoms with E-state index in [1.165, 1.54) is 0 Å². The first-order valence-electron chi connectivity index (χ1n) is 5.76. The molecule has 0 aliphatic heterocycles. The number of hydrogen-bond acceptors (Lipinski definition) is 3. The molecule has 19 heavy (non-hydrogen) atoms. The lowest BCUT2D eigenvalue weighted by atomic mass is 10.0. The molecule has 3 N–H and O–H groups in total. The van der Waals surface area contributed by atoms with Crippen LogP contribution in [-0.2, 0) is 0 Å². The van der Waals surface area contributed by atoms with Gasteiger partial charge in [-0.05, 0) is 46.4 Å². The summed E-state index contributed by atoms with van der Waals surface area (Å²) < 4.78 is 1.15. The Hall–Kier alpha value is -1.89. The van der Waals surface area contributed by atoms with Gasteiger partial charge in [-0.3, -0.25) is 10.1 Å². The summed E-state index contributed by atoms with van der Waals surface area (Å²) in [4.78, 5) is 4.03. The van der Waals surface area contributed by atoms with Gasteiger partial charge in [-0.25, -0.2) is 0 Å². The molecule has 0 saturated heterocycles. The average Bonchev–Trinajstić information content (AvgIpc) is 2.82. The normalized spacial score (nSPS) is 10.6. The standard InChI is InChI=1S/C14H11IN4/c15-11-4-2-1-3-10(11)13-12(14(16)19-18-13)9-5-7-17-8-6-9/h1-8H,(H3,16,18,19). The molecule has 0 radical (unpaired) electrons. The number of halogens is 1. The third kappa shape index (κ3) is 2.21. The van der Waals surface area contributed by atoms with Gasteiger partial charge >= 0.3 is 0 Å². The number of rotatable bonds is 2. The monoisotopic (exact) mass is 362 g/mol. The van der Waals surface area contributed by atoms with Crippen LogP contribution in [0.4, 0.5) is 5.82 Å². The van der Waals surface area contributed by atoms with Crippen molar-refractivity contribution >= 4 is 28.4 Å². The Bertz CT molecular complexity index is 706. The number of nitrogens with two attached hydrogens (primary N) is 1. The molecule has 0 saturated carbocycles. The second-order valence-corrected chi connectivity index (χ2v) is 5.24. The number of aromatic amines is 1. The third-order valence-electron chi connectivity index (χ3n) is 2.91. The van der Waals surface area contributed by atoms with Gasteiger partial charge in [-0.2, -0.15) is 5.10 Å². The van der Waals surface area contributed by atoms with Gasteiger partial charge in [0.2, 0.25) is 0 Å². The molecule has 1 aromatic carbocycles. The number of aromatic nitrogens is 3. The first-order chi connectivity index (χ1) is 9.27. The largest absolute Gasteiger partial charge is 0.382 e. The van der Waals surface area contributed by atoms with Crippen LogP contribution in [0.15, 0.2) is 48.8 Å². The summed E-state index contributed by atoms with van der Waals surface area (Å²) in [6.07, 6.45) is 3.50. The van der Waals surface area contributed by atoms with Crippen LogP contribution in [0, 0.1) is 3.57 Å². The summed E-state index contributed by atoms with van der Waals surface area (Å²) in [5, 5.41) is 7.17. The van der Waals surface area contributed by atoms with Crippen molar-refractivity contribution < 1.29 is 0 Å². The number of nitrogens with one attached hydrogen (secondary N) is 1. The van der Waals surface area contributed by atoms with Crippen molar-refractivity contribution in [2.24, 2.45) is 0 Å². The highest BCUT2D eigenvalue weighted by Crippen LogP contribution is 2.36. The Morgan fingerprint density at radius 3 is 2.53 bits per heavy atom. The fourth-order valence-corrected chi connectivity index (χ4v) is 2.68. The predicted octanol–water partition coefficient (Wildman–Crippen LogP) is 3.33. The first kappa shape index (κ1) is 12.2. The van der Waals surface area contributed by atoms with Crippen LogP contribution in [0.5, 0.6) is 0 Å². The van der Waals surface area contributed by atoms with E-state index in [0.717, 1.165) is 26.0 Å². The lowest BCUT2D eigenvalue weighted by Crippen LogP contribution is -1.90. The summed E-state index contributed by atoms with van der Waals surface area (Å²) in [6, 6.07) is 12.0. The van der Waals surface area contributed by atoms with Crippen LogP contribution >= 0.6 is 22.6 Å². The van der Waals surface area contributed by atoms with E-state index in [9.17, 15) is 0 Å². The number of pyridine rings is 1. The number of nitrogen functional groups attached to an aromatic ring is 1. The fourth-order valence-electron chi connectivity index (χ4n) is 2.03. The number of H-pyrrole nitrogens is 1. The Kier molecular flexibility index (Phi) is 3.20. The van der Waals surface area contributed by atoms with E-state index < -0.39 is 0 Å². The molecular formula is C14H11IN4. The number of anilines is 1. The second kappa shape index (κ2) is 5.00. The van der Waals surface area contributed by atoms with E-state index in [4.69, 9.17) is 5.73 Å². The van der Waals surface area contributed by atoms with Crippen molar-refractivity contribution in [3.8, 4) is 22.4 Å². The maximum Gasteiger partial charge on any atom is 0.153 e. The fraction of sp³-hybridized carbons (Fsp3) is 0. The lowest BCUT2D eigenvalue weighted by Gasteiger charge is -2.06. The Morgan fingerprint density at radius 2 is 1.79 bits per heavy atom. The summed E-state index contributed by atoms with van der Waals surface area (Å²) in [5.74, 6) is 0.501. The minimum absolute atomic E-state index is 0.501. The van der Waals surface area contributed by atoms with E-state index in [-0.39, 0.29) is 0 Å². The molecule has 0 spiro atoms. The second-order valence-electron chi connectivity index (χ2n) is 4.07. The molecule has 4 nitrogen and oxygen atoms in total. The van der Waals surface area contributed by atoms with Gasteiger partial charge in [-0.15, -0.1) is 0 Å². The molecule has 5 heteroatoms. The van der Waals surface area contributed by atoms with Gasteiger partial charge in [0.25, 0.3) is 0 Å². The molecule has 0 unspecified atom stereocenters. The van der Waals surface area contributed by atoms with Crippen LogP contribution in [0.25, 0.3) is 22.4 Å². The van der Waals surface area contributed by atoms with Crippen molar-refractivity contribution in [3.63, 3.8) is 0 Å². The molecule has 0 amide bonds. The highest BCUT2D eigenvalue weighted by molar-refractivity contribution is 14.1. The Morgan fingerprint density at radius 1 is 1.05 bits per heavy atom. The molecule has 2 aromatic heterocycles. The van der Waals surface area contributed by atoms with Crippen LogP contribution < -0.4 is 5.73 Å². The summed E-state index contributed by atoms with van der Waals surface area (Å²) in [7, 11) is 0. The van der Waals surface area contributed by atoms with Crippen molar-refractivity contribution in [1.29, 1.82) is 0 Å². The zero-order valence-corrected chi connectivity index (χ0v) is 12.1. The summed E-state index contributed by atoms with van der Waals surface area (Å²) in [6.45, 7) is 0. The smallest absolute Gasteiger partial charge is 0.153 e. The minimum Gasteiger partial charge on any atom is -0.382 e. The van der Waals surface area contributed by atoms with Crippen molar-refractivity contribution in [2.75, 3.05) is 5.73 Å². The average molecular weight is 362 g/mol. The number of benzene rings is 1. The van der Waals surface area contributed by atoms with Crippen LogP contribution in [0.3, 0.4) is 0 Å². The number of nitrogens with zero attached hydrogens (tertiary/aromatic N) is 2. The molecular weight excluding hydrogens is 351 g/mol. The van der Waals surface area contributed by atoms with Gasteiger partial charge in [0.05, 0.1) is 11.3 Å². The lowest BCUT2D eigenvalue weighted by molar-refractivity contribution is 1.10. The van der Waals surface area contributed by atoms with Crippen LogP contribution in [0.1, 0.15) is 0 Å². The highest BCUT2D eigenvalue weighted by Gasteiger charge is 2.15. The Balaban J connectivity index is 2.23. The summed E-state index contributed by atoms with van der Waals surface area (Å²) in [5.41, 5.74) is 9.96. The van der Waals surface area contributed by atoms with Gasteiger partial charge < -0.3 is 5.73 Å². The van der Waals surface area contributed by atoms with Crippen molar-refractivity contribution in [3.05, 3.63) is 52.4 Å². The minimum atomic E-state index is 0.501. The van der Waals surface area contributed by atoms with E-state index >= 15 is 0 Å². The topological polar surface area (TPSA) is 67.6 Å². The van der Waals surface area contributed by atoms with Gasteiger partial charge in [0, 0.05) is 21.5 Å². The molecule has 0 fully saturated rings. The first-order valence-corrected chi connectivity index (χ1v) is 6.84. The molecule has 0 bridgehead atoms. The van der Waals surface area contributed by atoms with Gasteiger partial charge in [-0.1, -0.05) is 18.2 Å². The van der Waals surface area contributed by atoms with E-state index in [1.807, 2.05) is 24.3 Å². The quantitative estimate of drug-likeness (QED) is 0.688. The third-order valence-corrected chi connectivity index (χ3v) is 3.85. The SMILES string of the molecule is Nc1n[nH]c(-c2ccccc2I)c1-c1ccncc1. The van der Waals surface area contributed by atoms with Crippen LogP contribution in [-0.4, -0.2) is 15.2 Å². The highest BCUT2D eigenvalue weighted by atomic mass is 127. The van der Waals surface area contributed by atoms with E-state index in [1.54, 1.807) is 12.4 Å². The maximum atomic E-state index is 6.00. The molecule has 0 aliphatic carbocycles. The molecule has 3 rings (SSSR count). The van der Waals surface area contributed by atoms with E-state index in [0.29, 0.717) is 5.82 Å². The van der Waals surface area contributed by atoms with Gasteiger partial charge in [0.15, 0.2) is 5.82 Å². The molecule has 2 heterocycles. The molecule has 3 aromatic rings. The van der Waals surface area contributed by atoms with Gasteiger partial charge in [0.1, 0.15) is 0 Å². The van der Waals surface area contributed by atoms with Crippen molar-refractivity contribution in [2.45, 2.75) is 0 Å². The molecule has 0 aliphatic rings. The number of hydrogen-bond donors (Lipinski definition) is 2. The molecule has 0 atom stereocenters. The Labute approximate surface area is 124 Å². The van der Waals surface area contributed by atoms with Crippen molar-refractivity contribution in [1.82, 2.24) is 15.2 Å².